The van der Waals surface area contributed by atoms with Gasteiger partial charge in [0.2, 0.25) is 5.91 Å². The zero-order valence-electron chi connectivity index (χ0n) is 7.56. The Morgan fingerprint density at radius 1 is 1.38 bits per heavy atom. The molecule has 1 rings (SSSR count). The smallest absolute Gasteiger partial charge is 0.342 e. The molecule has 1 aliphatic heterocycles. The molecule has 1 saturated heterocycles. The van der Waals surface area contributed by atoms with Crippen LogP contribution in [-0.4, -0.2) is 30.1 Å². The van der Waals surface area contributed by atoms with E-state index in [1.807, 2.05) is 0 Å². The molecule has 2 unspecified atom stereocenters. The first-order chi connectivity index (χ1) is 5.82. The number of nitrogens with zero attached hydrogens (tertiary/aromatic N) is 1. The van der Waals surface area contributed by atoms with Gasteiger partial charge in [-0.3, -0.25) is 4.79 Å². The van der Waals surface area contributed by atoms with Crippen LogP contribution in [-0.2, 0) is 4.79 Å². The molecule has 13 heavy (non-hydrogen) atoms. The lowest BCUT2D eigenvalue weighted by molar-refractivity contribution is -0.179. The highest BCUT2D eigenvalue weighted by atomic mass is 19.4. The summed E-state index contributed by atoms with van der Waals surface area (Å²) < 4.78 is 36.9. The molecule has 1 aliphatic rings. The fourth-order valence-electron chi connectivity index (χ4n) is 1.65. The molecule has 1 heterocycles. The highest BCUT2D eigenvalue weighted by molar-refractivity contribution is 5.73. The first-order valence-electron chi connectivity index (χ1n) is 4.14. The van der Waals surface area contributed by atoms with Crippen LogP contribution < -0.4 is 0 Å². The summed E-state index contributed by atoms with van der Waals surface area (Å²) in [6.45, 7) is 2.87. The number of alkyl halides is 3. The molecule has 76 valence electrons. The summed E-state index contributed by atoms with van der Waals surface area (Å²) in [7, 11) is 0. The fourth-order valence-corrected chi connectivity index (χ4v) is 1.65. The van der Waals surface area contributed by atoms with Crippen LogP contribution in [0.2, 0.25) is 0 Å². The van der Waals surface area contributed by atoms with Gasteiger partial charge in [-0.1, -0.05) is 6.92 Å². The Labute approximate surface area is 74.7 Å². The van der Waals surface area contributed by atoms with Crippen molar-refractivity contribution in [3.8, 4) is 0 Å². The number of hydrogen-bond donors (Lipinski definition) is 0. The summed E-state index contributed by atoms with van der Waals surface area (Å²) in [6.07, 6.45) is -4.18. The third kappa shape index (κ3) is 2.14. The Balaban J connectivity index is 2.67. The average Bonchev–Trinajstić information content (AvgIpc) is 2.29. The van der Waals surface area contributed by atoms with E-state index in [9.17, 15) is 18.0 Å². The molecule has 0 spiro atoms. The van der Waals surface area contributed by atoms with Crippen molar-refractivity contribution < 1.29 is 18.0 Å². The topological polar surface area (TPSA) is 20.3 Å². The van der Waals surface area contributed by atoms with Crippen LogP contribution in [0.25, 0.3) is 0 Å². The summed E-state index contributed by atoms with van der Waals surface area (Å²) in [5.41, 5.74) is 0. The van der Waals surface area contributed by atoms with Gasteiger partial charge in [0.1, 0.15) is 0 Å². The van der Waals surface area contributed by atoms with Crippen molar-refractivity contribution >= 4 is 5.91 Å². The van der Waals surface area contributed by atoms with Gasteiger partial charge >= 0.3 is 6.18 Å². The van der Waals surface area contributed by atoms with Crippen LogP contribution in [0.15, 0.2) is 0 Å². The molecule has 0 aromatic carbocycles. The lowest BCUT2D eigenvalue weighted by atomic mass is 9.98. The van der Waals surface area contributed by atoms with E-state index < -0.39 is 18.0 Å². The van der Waals surface area contributed by atoms with Crippen LogP contribution >= 0.6 is 0 Å². The lowest BCUT2D eigenvalue weighted by Gasteiger charge is -2.17. The molecule has 0 aromatic rings. The van der Waals surface area contributed by atoms with Crippen LogP contribution in [0, 0.1) is 11.8 Å². The van der Waals surface area contributed by atoms with Gasteiger partial charge < -0.3 is 4.90 Å². The van der Waals surface area contributed by atoms with Gasteiger partial charge in [-0.2, -0.15) is 13.2 Å². The Morgan fingerprint density at radius 2 is 1.92 bits per heavy atom. The molecular weight excluding hydrogens is 183 g/mol. The number of rotatable bonds is 0. The van der Waals surface area contributed by atoms with E-state index in [4.69, 9.17) is 0 Å². The van der Waals surface area contributed by atoms with Crippen LogP contribution in [0.4, 0.5) is 13.2 Å². The van der Waals surface area contributed by atoms with Crippen LogP contribution in [0.3, 0.4) is 0 Å². The second-order valence-electron chi connectivity index (χ2n) is 3.55. The average molecular weight is 195 g/mol. The van der Waals surface area contributed by atoms with Crippen molar-refractivity contribution in [2.45, 2.75) is 20.0 Å². The second-order valence-corrected chi connectivity index (χ2v) is 3.55. The molecule has 0 N–H and O–H groups in total. The van der Waals surface area contributed by atoms with E-state index >= 15 is 0 Å². The number of carbonyl (C=O) groups is 1. The SMILES string of the molecule is CC(=O)N1CC(C)C(C(F)(F)F)C1. The van der Waals surface area contributed by atoms with Gasteiger partial charge in [0.05, 0.1) is 5.92 Å². The summed E-state index contributed by atoms with van der Waals surface area (Å²) in [6, 6.07) is 0. The predicted molar refractivity (Wildman–Crippen MR) is 41.0 cm³/mol. The first-order valence-corrected chi connectivity index (χ1v) is 4.14. The van der Waals surface area contributed by atoms with E-state index in [1.54, 1.807) is 0 Å². The van der Waals surface area contributed by atoms with E-state index in [1.165, 1.54) is 18.7 Å². The minimum atomic E-state index is -4.18. The predicted octanol–water partition coefficient (Wildman–Crippen LogP) is 1.66. The van der Waals surface area contributed by atoms with Gasteiger partial charge in [0.25, 0.3) is 0 Å². The van der Waals surface area contributed by atoms with E-state index in [-0.39, 0.29) is 19.0 Å². The Kier molecular flexibility index (Phi) is 2.54. The zero-order valence-corrected chi connectivity index (χ0v) is 7.56. The van der Waals surface area contributed by atoms with Crippen LogP contribution in [0.5, 0.6) is 0 Å². The van der Waals surface area contributed by atoms with Gasteiger partial charge in [0, 0.05) is 20.0 Å². The minimum Gasteiger partial charge on any atom is -0.342 e. The molecule has 0 aromatic heterocycles. The summed E-state index contributed by atoms with van der Waals surface area (Å²) in [5, 5.41) is 0. The minimum absolute atomic E-state index is 0.181. The number of amides is 1. The molecule has 2 atom stereocenters. The molecule has 1 fully saturated rings. The Hall–Kier alpha value is -0.740. The van der Waals surface area contributed by atoms with Crippen molar-refractivity contribution in [3.05, 3.63) is 0 Å². The molecule has 0 saturated carbocycles. The molecule has 1 amide bonds. The Morgan fingerprint density at radius 3 is 2.15 bits per heavy atom. The summed E-state index contributed by atoms with van der Waals surface area (Å²) in [5.74, 6) is -2.11. The molecule has 0 aliphatic carbocycles. The molecule has 5 heteroatoms. The summed E-state index contributed by atoms with van der Waals surface area (Å²) in [4.78, 5) is 12.1. The second kappa shape index (κ2) is 3.20. The largest absolute Gasteiger partial charge is 0.393 e. The van der Waals surface area contributed by atoms with Crippen molar-refractivity contribution in [2.75, 3.05) is 13.1 Å². The highest BCUT2D eigenvalue weighted by Gasteiger charge is 2.48. The van der Waals surface area contributed by atoms with Crippen molar-refractivity contribution in [3.63, 3.8) is 0 Å². The maximum atomic E-state index is 12.3. The highest BCUT2D eigenvalue weighted by Crippen LogP contribution is 2.37. The monoisotopic (exact) mass is 195 g/mol. The number of halogens is 3. The van der Waals surface area contributed by atoms with Gasteiger partial charge in [-0.05, 0) is 5.92 Å². The van der Waals surface area contributed by atoms with Gasteiger partial charge in [0.15, 0.2) is 0 Å². The Bertz CT molecular complexity index is 214. The van der Waals surface area contributed by atoms with E-state index in [0.29, 0.717) is 0 Å². The summed E-state index contributed by atoms with van der Waals surface area (Å²) >= 11 is 0. The molecule has 0 radical (unpaired) electrons. The molecular formula is C8H12F3NO. The zero-order chi connectivity index (χ0) is 10.2. The fraction of sp³-hybridized carbons (Fsp3) is 0.875. The first kappa shape index (κ1) is 10.3. The van der Waals surface area contributed by atoms with E-state index in [2.05, 4.69) is 0 Å². The quantitative estimate of drug-likeness (QED) is 0.575. The van der Waals surface area contributed by atoms with Crippen molar-refractivity contribution in [2.24, 2.45) is 11.8 Å². The van der Waals surface area contributed by atoms with Gasteiger partial charge in [-0.15, -0.1) is 0 Å². The van der Waals surface area contributed by atoms with Crippen molar-refractivity contribution in [1.29, 1.82) is 0 Å². The standard InChI is InChI=1S/C8H12F3NO/c1-5-3-12(6(2)13)4-7(5)8(9,10)11/h5,7H,3-4H2,1-2H3. The molecule has 0 bridgehead atoms. The maximum Gasteiger partial charge on any atom is 0.393 e. The molecule has 2 nitrogen and oxygen atoms in total. The van der Waals surface area contributed by atoms with Crippen molar-refractivity contribution in [1.82, 2.24) is 4.90 Å². The number of likely N-dealkylation sites (tertiary alicyclic amines) is 1. The van der Waals surface area contributed by atoms with E-state index in [0.717, 1.165) is 0 Å². The van der Waals surface area contributed by atoms with Gasteiger partial charge in [-0.25, -0.2) is 0 Å². The van der Waals surface area contributed by atoms with Crippen LogP contribution in [0.1, 0.15) is 13.8 Å². The number of hydrogen-bond acceptors (Lipinski definition) is 1. The third-order valence-electron chi connectivity index (χ3n) is 2.48. The third-order valence-corrected chi connectivity index (χ3v) is 2.48. The number of carbonyl (C=O) groups excluding carboxylic acids is 1. The maximum absolute atomic E-state index is 12.3. The lowest BCUT2D eigenvalue weighted by Crippen LogP contribution is -2.30. The normalized spacial score (nSPS) is 29.5.